The first-order valence-electron chi connectivity index (χ1n) is 6.50. The van der Waals surface area contributed by atoms with E-state index in [2.05, 4.69) is 19.9 Å². The second-order valence-electron chi connectivity index (χ2n) is 4.67. The average Bonchev–Trinajstić information content (AvgIpc) is 2.47. The molecule has 1 saturated heterocycles. The summed E-state index contributed by atoms with van der Waals surface area (Å²) in [5, 5.41) is 0.817. The zero-order chi connectivity index (χ0) is 13.8. The van der Waals surface area contributed by atoms with Gasteiger partial charge in [-0.05, 0) is 24.5 Å². The predicted octanol–water partition coefficient (Wildman–Crippen LogP) is 2.11. The summed E-state index contributed by atoms with van der Waals surface area (Å²) in [7, 11) is 0. The van der Waals surface area contributed by atoms with E-state index in [-0.39, 0.29) is 0 Å². The third kappa shape index (κ3) is 3.01. The summed E-state index contributed by atoms with van der Waals surface area (Å²) < 4.78 is 5.71. The molecule has 1 aliphatic rings. The van der Waals surface area contributed by atoms with Gasteiger partial charge in [0.05, 0.1) is 12.8 Å². The molecule has 0 saturated carbocycles. The minimum Gasteiger partial charge on any atom is -0.492 e. The number of anilines is 1. The normalized spacial score (nSPS) is 14.9. The van der Waals surface area contributed by atoms with Crippen molar-refractivity contribution in [1.29, 1.82) is 0 Å². The summed E-state index contributed by atoms with van der Waals surface area (Å²) >= 11 is 1.56. The summed E-state index contributed by atoms with van der Waals surface area (Å²) in [5.74, 6) is 2.38. The highest BCUT2D eigenvalue weighted by atomic mass is 32.2. The van der Waals surface area contributed by atoms with E-state index in [1.807, 2.05) is 30.7 Å². The van der Waals surface area contributed by atoms with Crippen molar-refractivity contribution >= 4 is 17.6 Å². The third-order valence-corrected chi connectivity index (χ3v) is 3.76. The molecular formula is C14H16N4OS. The average molecular weight is 288 g/mol. The van der Waals surface area contributed by atoms with E-state index >= 15 is 0 Å². The highest BCUT2D eigenvalue weighted by Gasteiger charge is 2.28. The molecule has 6 heteroatoms. The quantitative estimate of drug-likeness (QED) is 0.620. The minimum absolute atomic E-state index is 0.544. The molecule has 0 bridgehead atoms. The Bertz CT molecular complexity index is 560. The van der Waals surface area contributed by atoms with Crippen molar-refractivity contribution in [3.05, 3.63) is 36.8 Å². The van der Waals surface area contributed by atoms with E-state index in [1.165, 1.54) is 0 Å². The maximum atomic E-state index is 5.71. The fourth-order valence-electron chi connectivity index (χ4n) is 2.12. The standard InChI is InChI=1S/C14H16N4OS/c1-20-14-16-6-4-13(17-14)18-8-11(9-18)10-19-12-3-2-5-15-7-12/h2-7,11H,8-10H2,1H3. The van der Waals surface area contributed by atoms with Gasteiger partial charge in [-0.2, -0.15) is 0 Å². The van der Waals surface area contributed by atoms with Crippen LogP contribution < -0.4 is 9.64 Å². The van der Waals surface area contributed by atoms with Gasteiger partial charge >= 0.3 is 0 Å². The van der Waals surface area contributed by atoms with Crippen LogP contribution in [0.15, 0.2) is 41.9 Å². The summed E-state index contributed by atoms with van der Waals surface area (Å²) in [4.78, 5) is 15.0. The smallest absolute Gasteiger partial charge is 0.189 e. The highest BCUT2D eigenvalue weighted by molar-refractivity contribution is 7.98. The van der Waals surface area contributed by atoms with Crippen LogP contribution in [0.3, 0.4) is 0 Å². The lowest BCUT2D eigenvalue weighted by molar-refractivity contribution is 0.219. The molecule has 1 fully saturated rings. The molecule has 20 heavy (non-hydrogen) atoms. The zero-order valence-electron chi connectivity index (χ0n) is 11.3. The van der Waals surface area contributed by atoms with E-state index in [4.69, 9.17) is 4.74 Å². The molecule has 3 rings (SSSR count). The van der Waals surface area contributed by atoms with Crippen LogP contribution in [0.2, 0.25) is 0 Å². The van der Waals surface area contributed by atoms with Crippen molar-refractivity contribution in [3.8, 4) is 5.75 Å². The second-order valence-corrected chi connectivity index (χ2v) is 5.45. The number of aromatic nitrogens is 3. The summed E-state index contributed by atoms with van der Waals surface area (Å²) in [6.45, 7) is 2.68. The van der Waals surface area contributed by atoms with Gasteiger partial charge in [0.2, 0.25) is 0 Å². The number of hydrogen-bond acceptors (Lipinski definition) is 6. The van der Waals surface area contributed by atoms with Crippen LogP contribution in [0.5, 0.6) is 5.75 Å². The molecule has 5 nitrogen and oxygen atoms in total. The lowest BCUT2D eigenvalue weighted by Crippen LogP contribution is -2.49. The molecule has 0 unspecified atom stereocenters. The van der Waals surface area contributed by atoms with Gasteiger partial charge in [0.15, 0.2) is 5.16 Å². The van der Waals surface area contributed by atoms with Gasteiger partial charge in [-0.1, -0.05) is 11.8 Å². The van der Waals surface area contributed by atoms with Crippen molar-refractivity contribution < 1.29 is 4.74 Å². The Hall–Kier alpha value is -1.82. The summed E-state index contributed by atoms with van der Waals surface area (Å²) in [6, 6.07) is 5.77. The van der Waals surface area contributed by atoms with Crippen molar-refractivity contribution in [2.75, 3.05) is 30.9 Å². The molecule has 0 radical (unpaired) electrons. The van der Waals surface area contributed by atoms with E-state index in [1.54, 1.807) is 24.2 Å². The van der Waals surface area contributed by atoms with E-state index in [0.717, 1.165) is 36.4 Å². The van der Waals surface area contributed by atoms with Crippen molar-refractivity contribution in [1.82, 2.24) is 15.0 Å². The Morgan fingerprint density at radius 1 is 1.35 bits per heavy atom. The first-order chi connectivity index (χ1) is 9.85. The number of pyridine rings is 1. The van der Waals surface area contributed by atoms with Gasteiger partial charge in [-0.15, -0.1) is 0 Å². The molecule has 0 aromatic carbocycles. The van der Waals surface area contributed by atoms with Crippen LogP contribution >= 0.6 is 11.8 Å². The number of hydrogen-bond donors (Lipinski definition) is 0. The highest BCUT2D eigenvalue weighted by Crippen LogP contribution is 2.24. The lowest BCUT2D eigenvalue weighted by atomic mass is 10.0. The van der Waals surface area contributed by atoms with Gasteiger partial charge in [0.25, 0.3) is 0 Å². The topological polar surface area (TPSA) is 51.1 Å². The van der Waals surface area contributed by atoms with Crippen molar-refractivity contribution in [2.45, 2.75) is 5.16 Å². The monoisotopic (exact) mass is 288 g/mol. The predicted molar refractivity (Wildman–Crippen MR) is 79.2 cm³/mol. The Balaban J connectivity index is 1.49. The van der Waals surface area contributed by atoms with E-state index in [0.29, 0.717) is 5.92 Å². The SMILES string of the molecule is CSc1nccc(N2CC(COc3cccnc3)C2)n1. The molecule has 0 N–H and O–H groups in total. The molecule has 104 valence electrons. The van der Waals surface area contributed by atoms with Crippen LogP contribution in [0.1, 0.15) is 0 Å². The molecule has 2 aromatic heterocycles. The number of thioether (sulfide) groups is 1. The molecule has 3 heterocycles. The molecule has 0 amide bonds. The van der Waals surface area contributed by atoms with Gasteiger partial charge in [-0.3, -0.25) is 4.98 Å². The van der Waals surface area contributed by atoms with Crippen LogP contribution in [-0.4, -0.2) is 40.9 Å². The van der Waals surface area contributed by atoms with Crippen molar-refractivity contribution in [3.63, 3.8) is 0 Å². The van der Waals surface area contributed by atoms with Gasteiger partial charge in [0.1, 0.15) is 11.6 Å². The number of rotatable bonds is 5. The maximum absolute atomic E-state index is 5.71. The fourth-order valence-corrected chi connectivity index (χ4v) is 2.47. The lowest BCUT2D eigenvalue weighted by Gasteiger charge is -2.39. The Morgan fingerprint density at radius 3 is 3.00 bits per heavy atom. The number of ether oxygens (including phenoxy) is 1. The van der Waals surface area contributed by atoms with Crippen LogP contribution in [0, 0.1) is 5.92 Å². The van der Waals surface area contributed by atoms with Gasteiger partial charge in [-0.25, -0.2) is 9.97 Å². The van der Waals surface area contributed by atoms with Crippen LogP contribution in [0.25, 0.3) is 0 Å². The van der Waals surface area contributed by atoms with Crippen LogP contribution in [-0.2, 0) is 0 Å². The fraction of sp³-hybridized carbons (Fsp3) is 0.357. The second kappa shape index (κ2) is 6.09. The largest absolute Gasteiger partial charge is 0.492 e. The van der Waals surface area contributed by atoms with E-state index < -0.39 is 0 Å². The molecule has 1 aliphatic heterocycles. The minimum atomic E-state index is 0.544. The molecule has 0 aliphatic carbocycles. The van der Waals surface area contributed by atoms with Crippen LogP contribution in [0.4, 0.5) is 5.82 Å². The summed E-state index contributed by atoms with van der Waals surface area (Å²) in [5.41, 5.74) is 0. The Morgan fingerprint density at radius 2 is 2.25 bits per heavy atom. The zero-order valence-corrected chi connectivity index (χ0v) is 12.1. The third-order valence-electron chi connectivity index (χ3n) is 3.20. The van der Waals surface area contributed by atoms with E-state index in [9.17, 15) is 0 Å². The van der Waals surface area contributed by atoms with Crippen molar-refractivity contribution in [2.24, 2.45) is 5.92 Å². The first kappa shape index (κ1) is 13.2. The Labute approximate surface area is 122 Å². The molecule has 0 atom stereocenters. The molecular weight excluding hydrogens is 272 g/mol. The maximum Gasteiger partial charge on any atom is 0.189 e. The molecule has 0 spiro atoms. The molecule has 2 aromatic rings. The summed E-state index contributed by atoms with van der Waals surface area (Å²) in [6.07, 6.45) is 7.29. The number of nitrogens with zero attached hydrogens (tertiary/aromatic N) is 4. The van der Waals surface area contributed by atoms with Gasteiger partial charge < -0.3 is 9.64 Å². The first-order valence-corrected chi connectivity index (χ1v) is 7.72. The van der Waals surface area contributed by atoms with Gasteiger partial charge in [0, 0.05) is 31.4 Å². The Kier molecular flexibility index (Phi) is 4.01.